The summed E-state index contributed by atoms with van der Waals surface area (Å²) in [4.78, 5) is 0. The van der Waals surface area contributed by atoms with Gasteiger partial charge in [-0.25, -0.2) is 9.13 Å². The van der Waals surface area contributed by atoms with E-state index in [1.807, 2.05) is 0 Å². The number of imidazole rings is 1. The van der Waals surface area contributed by atoms with Crippen LogP contribution in [0, 0.1) is 6.92 Å². The van der Waals surface area contributed by atoms with E-state index in [1.54, 1.807) is 0 Å². The van der Waals surface area contributed by atoms with Gasteiger partial charge in [-0.15, -0.1) is 0 Å². The van der Waals surface area contributed by atoms with E-state index in [-0.39, 0.29) is 0 Å². The van der Waals surface area contributed by atoms with Gasteiger partial charge in [0.1, 0.15) is 11.9 Å². The molecule has 0 fully saturated rings. The normalized spacial score (nSPS) is 11.5. The molecule has 0 saturated heterocycles. The van der Waals surface area contributed by atoms with Gasteiger partial charge in [0.15, 0.2) is 5.69 Å². The highest BCUT2D eigenvalue weighted by Gasteiger charge is 2.22. The van der Waals surface area contributed by atoms with Crippen LogP contribution in [0.1, 0.15) is 56.2 Å². The molecule has 3 rings (SSSR count). The topological polar surface area (TPSA) is 8.81 Å². The maximum Gasteiger partial charge on any atom is 0.249 e. The molecule has 0 aliphatic rings. The Morgan fingerprint density at radius 2 is 1.44 bits per heavy atom. The summed E-state index contributed by atoms with van der Waals surface area (Å²) in [7, 11) is 2.13. The molecule has 25 heavy (non-hydrogen) atoms. The Morgan fingerprint density at radius 3 is 2.00 bits per heavy atom. The molecule has 0 saturated carbocycles. The maximum atomic E-state index is 2.31. The second-order valence-electron chi connectivity index (χ2n) is 7.56. The van der Waals surface area contributed by atoms with Crippen LogP contribution in [-0.2, 0) is 7.05 Å². The van der Waals surface area contributed by atoms with E-state index in [2.05, 4.69) is 106 Å². The molecule has 3 aromatic rings. The van der Waals surface area contributed by atoms with E-state index < -0.39 is 0 Å². The molecule has 0 atom stereocenters. The van der Waals surface area contributed by atoms with E-state index in [0.717, 1.165) is 0 Å². The van der Waals surface area contributed by atoms with Crippen molar-refractivity contribution in [3.63, 3.8) is 0 Å². The van der Waals surface area contributed by atoms with Crippen LogP contribution < -0.4 is 4.57 Å². The van der Waals surface area contributed by atoms with Gasteiger partial charge >= 0.3 is 0 Å². The van der Waals surface area contributed by atoms with Gasteiger partial charge in [-0.05, 0) is 24.3 Å². The number of hydrogen-bond donors (Lipinski definition) is 0. The maximum absolute atomic E-state index is 2.31. The van der Waals surface area contributed by atoms with Gasteiger partial charge in [-0.3, -0.25) is 0 Å². The summed E-state index contributed by atoms with van der Waals surface area (Å²) in [5.41, 5.74) is 7.97. The minimum absolute atomic E-state index is 0.489. The predicted molar refractivity (Wildman–Crippen MR) is 105 cm³/mol. The van der Waals surface area contributed by atoms with Gasteiger partial charge in [0, 0.05) is 16.7 Å². The minimum Gasteiger partial charge on any atom is -0.232 e. The van der Waals surface area contributed by atoms with E-state index in [4.69, 9.17) is 0 Å². The summed E-state index contributed by atoms with van der Waals surface area (Å²) < 4.78 is 4.54. The zero-order valence-corrected chi connectivity index (χ0v) is 16.2. The van der Waals surface area contributed by atoms with E-state index >= 15 is 0 Å². The van der Waals surface area contributed by atoms with E-state index in [1.165, 1.54) is 33.6 Å². The summed E-state index contributed by atoms with van der Waals surface area (Å²) in [6.07, 6.45) is 4.48. The first-order valence-electron chi connectivity index (χ1n) is 9.17. The molecule has 0 bridgehead atoms. The summed E-state index contributed by atoms with van der Waals surface area (Å²) in [6, 6.07) is 15.3. The molecule has 0 unspecified atom stereocenters. The fourth-order valence-corrected chi connectivity index (χ4v) is 3.56. The lowest BCUT2D eigenvalue weighted by atomic mass is 9.92. The molecule has 130 valence electrons. The van der Waals surface area contributed by atoms with Crippen LogP contribution >= 0.6 is 0 Å². The molecule has 0 spiro atoms. The summed E-state index contributed by atoms with van der Waals surface area (Å²) in [6.45, 7) is 11.3. The molecule has 2 heteroatoms. The number of benzene rings is 2. The highest BCUT2D eigenvalue weighted by atomic mass is 15.1. The monoisotopic (exact) mass is 333 g/mol. The molecule has 0 radical (unpaired) electrons. The van der Waals surface area contributed by atoms with Crippen molar-refractivity contribution >= 4 is 0 Å². The molecule has 0 amide bonds. The van der Waals surface area contributed by atoms with E-state index in [9.17, 15) is 0 Å². The van der Waals surface area contributed by atoms with Crippen molar-refractivity contribution in [3.8, 4) is 16.9 Å². The van der Waals surface area contributed by atoms with Crippen LogP contribution in [0.4, 0.5) is 0 Å². The summed E-state index contributed by atoms with van der Waals surface area (Å²) >= 11 is 0. The number of rotatable bonds is 4. The molecular formula is C23H29N2+. The van der Waals surface area contributed by atoms with Crippen LogP contribution in [-0.4, -0.2) is 4.57 Å². The Hall–Kier alpha value is -2.35. The van der Waals surface area contributed by atoms with Gasteiger partial charge < -0.3 is 0 Å². The molecule has 0 N–H and O–H groups in total. The summed E-state index contributed by atoms with van der Waals surface area (Å²) in [5.74, 6) is 0.978. The van der Waals surface area contributed by atoms with Crippen molar-refractivity contribution in [2.75, 3.05) is 0 Å². The third-order valence-electron chi connectivity index (χ3n) is 4.96. The number of aromatic nitrogens is 2. The lowest BCUT2D eigenvalue weighted by molar-refractivity contribution is -0.659. The average Bonchev–Trinajstić information content (AvgIpc) is 2.95. The van der Waals surface area contributed by atoms with Crippen LogP contribution in [0.3, 0.4) is 0 Å². The average molecular weight is 333 g/mol. The number of para-hydroxylation sites is 1. The fourth-order valence-electron chi connectivity index (χ4n) is 3.56. The smallest absolute Gasteiger partial charge is 0.232 e. The lowest BCUT2D eigenvalue weighted by Crippen LogP contribution is -2.28. The lowest BCUT2D eigenvalue weighted by Gasteiger charge is -2.16. The number of nitrogens with zero attached hydrogens (tertiary/aromatic N) is 2. The quantitative estimate of drug-likeness (QED) is 0.556. The Kier molecular flexibility index (Phi) is 4.80. The Morgan fingerprint density at radius 1 is 0.840 bits per heavy atom. The van der Waals surface area contributed by atoms with Crippen molar-refractivity contribution in [3.05, 3.63) is 71.7 Å². The first-order chi connectivity index (χ1) is 11.9. The molecule has 2 aromatic carbocycles. The van der Waals surface area contributed by atoms with Gasteiger partial charge in [-0.1, -0.05) is 70.2 Å². The van der Waals surface area contributed by atoms with E-state index in [0.29, 0.717) is 11.8 Å². The van der Waals surface area contributed by atoms with Gasteiger partial charge in [0.05, 0.1) is 7.05 Å². The Labute approximate surface area is 151 Å². The second-order valence-corrected chi connectivity index (χ2v) is 7.56. The molecule has 0 aliphatic carbocycles. The largest absolute Gasteiger partial charge is 0.249 e. The van der Waals surface area contributed by atoms with Crippen LogP contribution in [0.15, 0.2) is 55.0 Å². The Bertz CT molecular complexity index is 859. The summed E-state index contributed by atoms with van der Waals surface area (Å²) in [5, 5.41) is 0. The van der Waals surface area contributed by atoms with Crippen molar-refractivity contribution in [2.45, 2.75) is 46.5 Å². The first kappa shape index (κ1) is 17.5. The zero-order valence-electron chi connectivity index (χ0n) is 16.2. The third kappa shape index (κ3) is 3.26. The standard InChI is InChI=1S/C23H29N2/c1-16(2)19-12-9-13-20(17(3)4)23(19)25-14-22(24(6)15-25)21-11-8-7-10-18(21)5/h7-17H,1-6H3/q+1. The highest BCUT2D eigenvalue weighted by molar-refractivity contribution is 5.61. The molecule has 1 aromatic heterocycles. The molecule has 1 heterocycles. The number of hydrogen-bond acceptors (Lipinski definition) is 0. The highest BCUT2D eigenvalue weighted by Crippen LogP contribution is 2.32. The van der Waals surface area contributed by atoms with Crippen molar-refractivity contribution in [2.24, 2.45) is 7.05 Å². The van der Waals surface area contributed by atoms with Crippen molar-refractivity contribution < 1.29 is 4.57 Å². The van der Waals surface area contributed by atoms with Crippen molar-refractivity contribution in [1.82, 2.24) is 4.57 Å². The predicted octanol–water partition coefficient (Wildman–Crippen LogP) is 5.52. The van der Waals surface area contributed by atoms with Crippen LogP contribution in [0.25, 0.3) is 16.9 Å². The first-order valence-corrected chi connectivity index (χ1v) is 9.17. The molecule has 0 aliphatic heterocycles. The van der Waals surface area contributed by atoms with Crippen molar-refractivity contribution in [1.29, 1.82) is 0 Å². The molecular weight excluding hydrogens is 304 g/mol. The Balaban J connectivity index is 2.22. The molecule has 2 nitrogen and oxygen atoms in total. The zero-order chi connectivity index (χ0) is 18.1. The van der Waals surface area contributed by atoms with Crippen LogP contribution in [0.5, 0.6) is 0 Å². The van der Waals surface area contributed by atoms with Gasteiger partial charge in [-0.2, -0.15) is 0 Å². The SMILES string of the molecule is Cc1ccccc1-c1cn(-c2c(C(C)C)cccc2C(C)C)c[n+]1C. The van der Waals surface area contributed by atoms with Gasteiger partial charge in [0.2, 0.25) is 6.33 Å². The van der Waals surface area contributed by atoms with Gasteiger partial charge in [0.25, 0.3) is 0 Å². The third-order valence-corrected chi connectivity index (χ3v) is 4.96. The fraction of sp³-hybridized carbons (Fsp3) is 0.348. The van der Waals surface area contributed by atoms with Crippen LogP contribution in [0.2, 0.25) is 0 Å². The minimum atomic E-state index is 0.489. The second kappa shape index (κ2) is 6.87. The number of aryl methyl sites for hydroxylation is 2.